The second kappa shape index (κ2) is 5.45. The number of aliphatic carboxylic acids is 1. The zero-order valence-electron chi connectivity index (χ0n) is 11.5. The first-order valence-corrected chi connectivity index (χ1v) is 7.65. The Morgan fingerprint density at radius 2 is 2.19 bits per heavy atom. The third-order valence-electron chi connectivity index (χ3n) is 3.10. The van der Waals surface area contributed by atoms with Crippen molar-refractivity contribution >= 4 is 22.0 Å². The summed E-state index contributed by atoms with van der Waals surface area (Å²) in [5.74, 6) is -1.75. The molecule has 1 aromatic heterocycles. The Balaban J connectivity index is 2.33. The lowest BCUT2D eigenvalue weighted by Crippen LogP contribution is -2.38. The normalized spacial score (nSPS) is 18.8. The predicted molar refractivity (Wildman–Crippen MR) is 69.0 cm³/mol. The SMILES string of the molecule is Cc1nn(CC(=O)O)c(C)c1S(=O)(=O)NC1CCOC1=O. The molecular formula is C11H15N3O6S. The molecule has 1 saturated heterocycles. The monoisotopic (exact) mass is 317 g/mol. The van der Waals surface area contributed by atoms with Crippen molar-refractivity contribution in [3.05, 3.63) is 11.4 Å². The van der Waals surface area contributed by atoms with Gasteiger partial charge in [-0.25, -0.2) is 8.42 Å². The van der Waals surface area contributed by atoms with E-state index in [1.54, 1.807) is 0 Å². The summed E-state index contributed by atoms with van der Waals surface area (Å²) in [6.45, 7) is 2.66. The highest BCUT2D eigenvalue weighted by Crippen LogP contribution is 2.20. The average Bonchev–Trinajstić information content (AvgIpc) is 2.83. The molecule has 0 radical (unpaired) electrons. The zero-order valence-corrected chi connectivity index (χ0v) is 12.3. The number of hydrogen-bond donors (Lipinski definition) is 2. The van der Waals surface area contributed by atoms with Crippen LogP contribution >= 0.6 is 0 Å². The van der Waals surface area contributed by atoms with Crippen LogP contribution in [0.1, 0.15) is 17.8 Å². The Labute approximate surface area is 120 Å². The van der Waals surface area contributed by atoms with Gasteiger partial charge in [-0.05, 0) is 13.8 Å². The molecule has 2 N–H and O–H groups in total. The van der Waals surface area contributed by atoms with E-state index >= 15 is 0 Å². The molecular weight excluding hydrogens is 302 g/mol. The van der Waals surface area contributed by atoms with Gasteiger partial charge >= 0.3 is 11.9 Å². The first-order valence-electron chi connectivity index (χ1n) is 6.17. The molecule has 2 heterocycles. The third kappa shape index (κ3) is 3.05. The lowest BCUT2D eigenvalue weighted by atomic mass is 10.3. The highest BCUT2D eigenvalue weighted by atomic mass is 32.2. The second-order valence-corrected chi connectivity index (χ2v) is 6.33. The number of carbonyl (C=O) groups is 2. The predicted octanol–water partition coefficient (Wildman–Crippen LogP) is -0.822. The first kappa shape index (κ1) is 15.4. The number of rotatable bonds is 5. The Kier molecular flexibility index (Phi) is 4.01. The summed E-state index contributed by atoms with van der Waals surface area (Å²) >= 11 is 0. The number of aryl methyl sites for hydroxylation is 1. The quantitative estimate of drug-likeness (QED) is 0.679. The standard InChI is InChI=1S/C11H15N3O6S/c1-6-10(7(2)14(12-6)5-9(15)16)21(18,19)13-8-3-4-20-11(8)17/h8,13H,3-5H2,1-2H3,(H,15,16). The Hall–Kier alpha value is -1.94. The van der Waals surface area contributed by atoms with Crippen LogP contribution in [-0.2, 0) is 30.9 Å². The van der Waals surface area contributed by atoms with Crippen LogP contribution < -0.4 is 4.72 Å². The molecule has 0 bridgehead atoms. The maximum Gasteiger partial charge on any atom is 0.325 e. The maximum atomic E-state index is 12.4. The molecule has 1 atom stereocenters. The molecule has 0 aliphatic carbocycles. The van der Waals surface area contributed by atoms with Crippen molar-refractivity contribution in [1.82, 2.24) is 14.5 Å². The Morgan fingerprint density at radius 3 is 2.71 bits per heavy atom. The summed E-state index contributed by atoms with van der Waals surface area (Å²) in [6.07, 6.45) is 0.263. The Morgan fingerprint density at radius 1 is 1.52 bits per heavy atom. The van der Waals surface area contributed by atoms with Gasteiger partial charge < -0.3 is 9.84 Å². The van der Waals surface area contributed by atoms with Gasteiger partial charge in [0.25, 0.3) is 0 Å². The lowest BCUT2D eigenvalue weighted by Gasteiger charge is -2.10. The molecule has 1 aliphatic rings. The molecule has 0 saturated carbocycles. The minimum Gasteiger partial charge on any atom is -0.480 e. The summed E-state index contributed by atoms with van der Waals surface area (Å²) in [7, 11) is -3.98. The van der Waals surface area contributed by atoms with Gasteiger partial charge in [-0.15, -0.1) is 0 Å². The van der Waals surface area contributed by atoms with Gasteiger partial charge in [0.05, 0.1) is 18.0 Å². The van der Waals surface area contributed by atoms with E-state index < -0.39 is 34.5 Å². The fourth-order valence-corrected chi connectivity index (χ4v) is 3.83. The molecule has 0 amide bonds. The van der Waals surface area contributed by atoms with E-state index in [9.17, 15) is 18.0 Å². The van der Waals surface area contributed by atoms with E-state index in [4.69, 9.17) is 9.84 Å². The van der Waals surface area contributed by atoms with Gasteiger partial charge in [0, 0.05) is 6.42 Å². The van der Waals surface area contributed by atoms with Crippen LogP contribution in [0.4, 0.5) is 0 Å². The van der Waals surface area contributed by atoms with Gasteiger partial charge in [-0.1, -0.05) is 0 Å². The van der Waals surface area contributed by atoms with Crippen molar-refractivity contribution in [3.63, 3.8) is 0 Å². The highest BCUT2D eigenvalue weighted by molar-refractivity contribution is 7.89. The van der Waals surface area contributed by atoms with E-state index in [0.29, 0.717) is 0 Å². The number of aromatic nitrogens is 2. The van der Waals surface area contributed by atoms with E-state index in [0.717, 1.165) is 4.68 Å². The summed E-state index contributed by atoms with van der Waals surface area (Å²) in [6, 6.07) is -0.920. The van der Waals surface area contributed by atoms with Crippen molar-refractivity contribution in [2.75, 3.05) is 6.61 Å². The largest absolute Gasteiger partial charge is 0.480 e. The highest BCUT2D eigenvalue weighted by Gasteiger charge is 2.34. The van der Waals surface area contributed by atoms with Gasteiger partial charge in [-0.2, -0.15) is 9.82 Å². The molecule has 1 aliphatic heterocycles. The number of nitrogens with zero attached hydrogens (tertiary/aromatic N) is 2. The second-order valence-electron chi connectivity index (χ2n) is 4.68. The molecule has 21 heavy (non-hydrogen) atoms. The number of nitrogens with one attached hydrogen (secondary N) is 1. The van der Waals surface area contributed by atoms with Crippen LogP contribution in [0.2, 0.25) is 0 Å². The number of sulfonamides is 1. The number of carbonyl (C=O) groups excluding carboxylic acids is 1. The van der Waals surface area contributed by atoms with E-state index in [2.05, 4.69) is 9.82 Å². The number of carboxylic acid groups (broad SMARTS) is 1. The lowest BCUT2D eigenvalue weighted by molar-refractivity contribution is -0.139. The summed E-state index contributed by atoms with van der Waals surface area (Å²) in [4.78, 5) is 22.0. The molecule has 1 unspecified atom stereocenters. The number of esters is 1. The molecule has 1 aromatic rings. The smallest absolute Gasteiger partial charge is 0.325 e. The molecule has 116 valence electrons. The average molecular weight is 317 g/mol. The van der Waals surface area contributed by atoms with E-state index in [1.165, 1.54) is 13.8 Å². The topological polar surface area (TPSA) is 128 Å². The van der Waals surface area contributed by atoms with Crippen LogP contribution in [-0.4, -0.2) is 47.9 Å². The maximum absolute atomic E-state index is 12.4. The Bertz CT molecular complexity index is 693. The van der Waals surface area contributed by atoms with Crippen LogP contribution in [0.3, 0.4) is 0 Å². The van der Waals surface area contributed by atoms with Crippen LogP contribution in [0.25, 0.3) is 0 Å². The van der Waals surface area contributed by atoms with Crippen LogP contribution in [0.5, 0.6) is 0 Å². The molecule has 10 heteroatoms. The fourth-order valence-electron chi connectivity index (χ4n) is 2.20. The van der Waals surface area contributed by atoms with Crippen molar-refractivity contribution in [1.29, 1.82) is 0 Å². The molecule has 0 aromatic carbocycles. The summed E-state index contributed by atoms with van der Waals surface area (Å²) in [5, 5.41) is 12.7. The minimum atomic E-state index is -3.98. The van der Waals surface area contributed by atoms with E-state index in [1.807, 2.05) is 0 Å². The third-order valence-corrected chi connectivity index (χ3v) is 4.82. The van der Waals surface area contributed by atoms with Gasteiger partial charge in [0.15, 0.2) is 0 Å². The number of hydrogen-bond acceptors (Lipinski definition) is 6. The molecule has 1 fully saturated rings. The number of cyclic esters (lactones) is 1. The minimum absolute atomic E-state index is 0.108. The first-order chi connectivity index (χ1) is 9.72. The molecule has 0 spiro atoms. The van der Waals surface area contributed by atoms with Crippen molar-refractivity contribution in [2.24, 2.45) is 0 Å². The van der Waals surface area contributed by atoms with Crippen LogP contribution in [0, 0.1) is 13.8 Å². The van der Waals surface area contributed by atoms with Gasteiger partial charge in [0.2, 0.25) is 10.0 Å². The molecule has 9 nitrogen and oxygen atoms in total. The summed E-state index contributed by atoms with van der Waals surface area (Å²) in [5.41, 5.74) is 0.376. The van der Waals surface area contributed by atoms with Crippen molar-refractivity contribution < 1.29 is 27.9 Å². The molecule has 2 rings (SSSR count). The number of carboxylic acids is 1. The number of ether oxygens (including phenoxy) is 1. The van der Waals surface area contributed by atoms with Gasteiger partial charge in [0.1, 0.15) is 17.5 Å². The van der Waals surface area contributed by atoms with Crippen LogP contribution in [0.15, 0.2) is 4.90 Å². The van der Waals surface area contributed by atoms with Gasteiger partial charge in [-0.3, -0.25) is 14.3 Å². The summed E-state index contributed by atoms with van der Waals surface area (Å²) < 4.78 is 32.8. The van der Waals surface area contributed by atoms with Crippen molar-refractivity contribution in [2.45, 2.75) is 37.8 Å². The van der Waals surface area contributed by atoms with Crippen molar-refractivity contribution in [3.8, 4) is 0 Å². The zero-order chi connectivity index (χ0) is 15.8. The van der Waals surface area contributed by atoms with E-state index in [-0.39, 0.29) is 29.3 Å². The fraction of sp³-hybridized carbons (Fsp3) is 0.545.